The van der Waals surface area contributed by atoms with Gasteiger partial charge in [0.05, 0.1) is 9.82 Å². The predicted molar refractivity (Wildman–Crippen MR) is 95.1 cm³/mol. The van der Waals surface area contributed by atoms with Crippen LogP contribution < -0.4 is 5.32 Å². The fraction of sp³-hybridized carbons (Fsp3) is 0.600. The van der Waals surface area contributed by atoms with E-state index in [1.54, 1.807) is 6.92 Å². The molecule has 24 heavy (non-hydrogen) atoms. The smallest absolute Gasteiger partial charge is 0.269 e. The van der Waals surface area contributed by atoms with E-state index in [9.17, 15) is 18.5 Å². The highest BCUT2D eigenvalue weighted by Gasteiger charge is 2.30. The van der Waals surface area contributed by atoms with Gasteiger partial charge < -0.3 is 5.32 Å². The molecule has 1 saturated heterocycles. The van der Waals surface area contributed by atoms with E-state index in [1.807, 2.05) is 0 Å². The third kappa shape index (κ3) is 4.66. The van der Waals surface area contributed by atoms with Gasteiger partial charge in [-0.25, -0.2) is 8.42 Å². The molecule has 0 aromatic heterocycles. The lowest BCUT2D eigenvalue weighted by Gasteiger charge is -2.31. The molecule has 1 heterocycles. The largest absolute Gasteiger partial charge is 0.317 e. The highest BCUT2D eigenvalue weighted by molar-refractivity contribution is 7.89. The maximum atomic E-state index is 12.8. The zero-order valence-electron chi connectivity index (χ0n) is 13.9. The van der Waals surface area contributed by atoms with Crippen molar-refractivity contribution in [1.82, 2.24) is 9.62 Å². The van der Waals surface area contributed by atoms with Crippen molar-refractivity contribution in [3.05, 3.63) is 33.9 Å². The van der Waals surface area contributed by atoms with Crippen LogP contribution in [-0.4, -0.2) is 43.8 Å². The first-order chi connectivity index (χ1) is 10.9. The number of hydrogen-bond donors (Lipinski definition) is 1. The maximum absolute atomic E-state index is 12.8. The van der Waals surface area contributed by atoms with Crippen LogP contribution in [0, 0.1) is 23.0 Å². The molecule has 0 radical (unpaired) electrons. The van der Waals surface area contributed by atoms with Crippen molar-refractivity contribution in [1.29, 1.82) is 0 Å². The number of hydrogen-bond acceptors (Lipinski definition) is 5. The minimum absolute atomic E-state index is 0. The van der Waals surface area contributed by atoms with Crippen LogP contribution in [0.25, 0.3) is 0 Å². The molecule has 0 amide bonds. The molecule has 0 atom stereocenters. The lowest BCUT2D eigenvalue weighted by molar-refractivity contribution is -0.385. The average Bonchev–Trinajstić information content (AvgIpc) is 2.52. The van der Waals surface area contributed by atoms with Gasteiger partial charge in [0.1, 0.15) is 0 Å². The molecule has 136 valence electrons. The van der Waals surface area contributed by atoms with Gasteiger partial charge in [-0.05, 0) is 50.4 Å². The summed E-state index contributed by atoms with van der Waals surface area (Å²) in [5.74, 6) is 0.499. The minimum atomic E-state index is -3.59. The first-order valence-electron chi connectivity index (χ1n) is 7.82. The molecule has 0 spiro atoms. The van der Waals surface area contributed by atoms with E-state index in [-0.39, 0.29) is 23.0 Å². The van der Waals surface area contributed by atoms with Crippen LogP contribution in [0.4, 0.5) is 5.69 Å². The highest BCUT2D eigenvalue weighted by Crippen LogP contribution is 2.27. The van der Waals surface area contributed by atoms with Crippen LogP contribution in [0.3, 0.4) is 0 Å². The van der Waals surface area contributed by atoms with Crippen molar-refractivity contribution in [2.45, 2.75) is 31.6 Å². The maximum Gasteiger partial charge on any atom is 0.269 e. The molecule has 0 saturated carbocycles. The number of aryl methyl sites for hydroxylation is 1. The van der Waals surface area contributed by atoms with Gasteiger partial charge in [-0.3, -0.25) is 10.1 Å². The normalized spacial score (nSPS) is 16.6. The quantitative estimate of drug-likeness (QED) is 0.606. The first-order valence-corrected chi connectivity index (χ1v) is 9.26. The molecule has 1 aromatic rings. The molecule has 1 aliphatic rings. The number of piperidine rings is 1. The van der Waals surface area contributed by atoms with Crippen LogP contribution in [0.15, 0.2) is 23.1 Å². The van der Waals surface area contributed by atoms with E-state index in [0.717, 1.165) is 25.9 Å². The SMILES string of the molecule is CCNCC1CCN(S(=O)(=O)c2ccc([N+](=O)[O-])cc2C)CC1.Cl. The van der Waals surface area contributed by atoms with E-state index >= 15 is 0 Å². The number of halogens is 1. The Balaban J connectivity index is 0.00000288. The third-order valence-electron chi connectivity index (χ3n) is 4.24. The van der Waals surface area contributed by atoms with Crippen LogP contribution in [0.1, 0.15) is 25.3 Å². The van der Waals surface area contributed by atoms with E-state index in [0.29, 0.717) is 24.6 Å². The van der Waals surface area contributed by atoms with Crippen molar-refractivity contribution in [3.63, 3.8) is 0 Å². The summed E-state index contributed by atoms with van der Waals surface area (Å²) < 4.78 is 27.0. The number of benzene rings is 1. The second-order valence-electron chi connectivity index (χ2n) is 5.86. The summed E-state index contributed by atoms with van der Waals surface area (Å²) in [5, 5.41) is 14.1. The number of rotatable bonds is 6. The van der Waals surface area contributed by atoms with Crippen LogP contribution in [0.2, 0.25) is 0 Å². The zero-order chi connectivity index (χ0) is 17.0. The lowest BCUT2D eigenvalue weighted by Crippen LogP contribution is -2.40. The Bertz CT molecular complexity index is 673. The Kier molecular flexibility index (Phi) is 7.59. The van der Waals surface area contributed by atoms with Crippen molar-refractivity contribution >= 4 is 28.1 Å². The molecule has 9 heteroatoms. The number of sulfonamides is 1. The number of nitro groups is 1. The van der Waals surface area contributed by atoms with Crippen LogP contribution >= 0.6 is 12.4 Å². The Hall–Kier alpha value is -1.22. The fourth-order valence-corrected chi connectivity index (χ4v) is 4.55. The zero-order valence-corrected chi connectivity index (χ0v) is 15.5. The van der Waals surface area contributed by atoms with Gasteiger partial charge in [0, 0.05) is 25.2 Å². The standard InChI is InChI=1S/C15H23N3O4S.ClH/c1-3-16-11-13-6-8-17(9-7-13)23(21,22)15-5-4-14(18(19)20)10-12(15)2;/h4-5,10,13,16H,3,6-9,11H2,1-2H3;1H. The fourth-order valence-electron chi connectivity index (χ4n) is 2.88. The third-order valence-corrected chi connectivity index (χ3v) is 6.30. The number of nitrogens with one attached hydrogen (secondary N) is 1. The van der Waals surface area contributed by atoms with Gasteiger partial charge in [-0.1, -0.05) is 6.92 Å². The molecule has 7 nitrogen and oxygen atoms in total. The highest BCUT2D eigenvalue weighted by atomic mass is 35.5. The second kappa shape index (κ2) is 8.75. The van der Waals surface area contributed by atoms with Crippen molar-refractivity contribution in [3.8, 4) is 0 Å². The summed E-state index contributed by atoms with van der Waals surface area (Å²) in [4.78, 5) is 10.4. The van der Waals surface area contributed by atoms with Crippen molar-refractivity contribution in [2.75, 3.05) is 26.2 Å². The topological polar surface area (TPSA) is 92.6 Å². The molecule has 1 aliphatic heterocycles. The molecule has 0 unspecified atom stereocenters. The molecule has 1 fully saturated rings. The second-order valence-corrected chi connectivity index (χ2v) is 7.77. The molecule has 1 N–H and O–H groups in total. The van der Waals surface area contributed by atoms with Gasteiger partial charge in [0.2, 0.25) is 10.0 Å². The van der Waals surface area contributed by atoms with Gasteiger partial charge in [-0.2, -0.15) is 4.31 Å². The van der Waals surface area contributed by atoms with Crippen LogP contribution in [0.5, 0.6) is 0 Å². The van der Waals surface area contributed by atoms with Crippen molar-refractivity contribution in [2.24, 2.45) is 5.92 Å². The summed E-state index contributed by atoms with van der Waals surface area (Å²) in [5.41, 5.74) is 0.319. The first kappa shape index (κ1) is 20.8. The van der Waals surface area contributed by atoms with Gasteiger partial charge >= 0.3 is 0 Å². The van der Waals surface area contributed by atoms with Crippen LogP contribution in [-0.2, 0) is 10.0 Å². The summed E-state index contributed by atoms with van der Waals surface area (Å²) in [6.45, 7) is 6.47. The minimum Gasteiger partial charge on any atom is -0.317 e. The number of nitrogens with zero attached hydrogens (tertiary/aromatic N) is 2. The van der Waals surface area contributed by atoms with E-state index < -0.39 is 14.9 Å². The summed E-state index contributed by atoms with van der Waals surface area (Å²) in [7, 11) is -3.59. The van der Waals surface area contributed by atoms with Gasteiger partial charge in [-0.15, -0.1) is 12.4 Å². The van der Waals surface area contributed by atoms with E-state index in [2.05, 4.69) is 12.2 Å². The Morgan fingerprint density at radius 2 is 1.96 bits per heavy atom. The Morgan fingerprint density at radius 3 is 2.46 bits per heavy atom. The summed E-state index contributed by atoms with van der Waals surface area (Å²) in [6.07, 6.45) is 1.66. The molecule has 0 aliphatic carbocycles. The van der Waals surface area contributed by atoms with Gasteiger partial charge in [0.25, 0.3) is 5.69 Å². The lowest BCUT2D eigenvalue weighted by atomic mass is 9.98. The monoisotopic (exact) mass is 377 g/mol. The van der Waals surface area contributed by atoms with E-state index in [1.165, 1.54) is 22.5 Å². The summed E-state index contributed by atoms with van der Waals surface area (Å²) in [6, 6.07) is 3.90. The molecule has 1 aromatic carbocycles. The Labute approximate surface area is 149 Å². The molecular formula is C15H24ClN3O4S. The number of nitro benzene ring substituents is 1. The predicted octanol–water partition coefficient (Wildman–Crippen LogP) is 2.34. The number of non-ortho nitro benzene ring substituents is 1. The molecule has 0 bridgehead atoms. The van der Waals surface area contributed by atoms with E-state index in [4.69, 9.17) is 0 Å². The Morgan fingerprint density at radius 1 is 1.33 bits per heavy atom. The van der Waals surface area contributed by atoms with Gasteiger partial charge in [0.15, 0.2) is 0 Å². The average molecular weight is 378 g/mol. The summed E-state index contributed by atoms with van der Waals surface area (Å²) >= 11 is 0. The van der Waals surface area contributed by atoms with Crippen molar-refractivity contribution < 1.29 is 13.3 Å². The molecular weight excluding hydrogens is 354 g/mol. The molecule has 2 rings (SSSR count).